The van der Waals surface area contributed by atoms with Gasteiger partial charge in [0.15, 0.2) is 11.6 Å². The highest BCUT2D eigenvalue weighted by Crippen LogP contribution is 2.55. The van der Waals surface area contributed by atoms with Crippen LogP contribution in [-0.4, -0.2) is 42.2 Å². The predicted octanol–water partition coefficient (Wildman–Crippen LogP) is 1.32. The standard InChI is InChI=1S/C9H21O6P/c1-5-9(6-2,16(10,11)12)15-7-8(13-3)14-4/h8H,5-7H2,1-4H3,(H2,10,11,12). The van der Waals surface area contributed by atoms with Crippen LogP contribution in [0.4, 0.5) is 0 Å². The maximum Gasteiger partial charge on any atom is 0.357 e. The Morgan fingerprint density at radius 3 is 1.88 bits per heavy atom. The van der Waals surface area contributed by atoms with Crippen LogP contribution < -0.4 is 0 Å². The molecule has 0 unspecified atom stereocenters. The van der Waals surface area contributed by atoms with Crippen molar-refractivity contribution in [2.45, 2.75) is 38.3 Å². The van der Waals surface area contributed by atoms with Gasteiger partial charge in [-0.2, -0.15) is 0 Å². The van der Waals surface area contributed by atoms with Gasteiger partial charge in [0.2, 0.25) is 0 Å². The lowest BCUT2D eigenvalue weighted by atomic mass is 10.2. The Kier molecular flexibility index (Phi) is 6.70. The molecule has 0 aliphatic rings. The Bertz CT molecular complexity index is 230. The highest BCUT2D eigenvalue weighted by molar-refractivity contribution is 7.53. The van der Waals surface area contributed by atoms with E-state index in [4.69, 9.17) is 14.2 Å². The summed E-state index contributed by atoms with van der Waals surface area (Å²) in [6.45, 7) is 3.34. The van der Waals surface area contributed by atoms with Gasteiger partial charge in [0.05, 0.1) is 6.61 Å². The first-order valence-electron chi connectivity index (χ1n) is 5.12. The molecule has 0 saturated carbocycles. The lowest BCUT2D eigenvalue weighted by molar-refractivity contribution is -0.161. The molecule has 0 atom stereocenters. The fourth-order valence-electron chi connectivity index (χ4n) is 1.41. The van der Waals surface area contributed by atoms with Crippen molar-refractivity contribution in [3.05, 3.63) is 0 Å². The highest BCUT2D eigenvalue weighted by Gasteiger charge is 2.45. The summed E-state index contributed by atoms with van der Waals surface area (Å²) in [5.74, 6) is 0. The van der Waals surface area contributed by atoms with Gasteiger partial charge >= 0.3 is 7.60 Å². The van der Waals surface area contributed by atoms with Crippen molar-refractivity contribution in [2.75, 3.05) is 20.8 Å². The molecule has 98 valence electrons. The summed E-state index contributed by atoms with van der Waals surface area (Å²) in [4.78, 5) is 18.6. The van der Waals surface area contributed by atoms with Gasteiger partial charge in [-0.3, -0.25) is 4.57 Å². The Morgan fingerprint density at radius 2 is 1.62 bits per heavy atom. The highest BCUT2D eigenvalue weighted by atomic mass is 31.2. The molecule has 0 fully saturated rings. The summed E-state index contributed by atoms with van der Waals surface area (Å²) in [5.41, 5.74) is 0. The van der Waals surface area contributed by atoms with Gasteiger partial charge in [-0.1, -0.05) is 13.8 Å². The first-order chi connectivity index (χ1) is 7.36. The molecule has 0 spiro atoms. The van der Waals surface area contributed by atoms with Gasteiger partial charge in [0.25, 0.3) is 0 Å². The lowest BCUT2D eigenvalue weighted by Gasteiger charge is -2.33. The van der Waals surface area contributed by atoms with Crippen molar-refractivity contribution in [3.63, 3.8) is 0 Å². The average molecular weight is 256 g/mol. The van der Waals surface area contributed by atoms with Crippen molar-refractivity contribution in [1.29, 1.82) is 0 Å². The molecule has 0 rings (SSSR count). The molecule has 16 heavy (non-hydrogen) atoms. The first kappa shape index (κ1) is 16.0. The Labute approximate surface area is 96.1 Å². The van der Waals surface area contributed by atoms with Crippen molar-refractivity contribution in [2.24, 2.45) is 0 Å². The number of hydrogen-bond donors (Lipinski definition) is 2. The van der Waals surface area contributed by atoms with E-state index < -0.39 is 19.2 Å². The fraction of sp³-hybridized carbons (Fsp3) is 1.00. The largest absolute Gasteiger partial charge is 0.357 e. The van der Waals surface area contributed by atoms with E-state index in [1.807, 2.05) is 0 Å². The second kappa shape index (κ2) is 6.69. The molecule has 2 N–H and O–H groups in total. The normalized spacial score (nSPS) is 13.4. The number of hydrogen-bond acceptors (Lipinski definition) is 4. The molecular formula is C9H21O6P. The summed E-state index contributed by atoms with van der Waals surface area (Å²) in [7, 11) is -1.44. The van der Waals surface area contributed by atoms with E-state index in [2.05, 4.69) is 0 Å². The molecular weight excluding hydrogens is 235 g/mol. The maximum absolute atomic E-state index is 11.4. The lowest BCUT2D eigenvalue weighted by Crippen LogP contribution is -2.35. The Morgan fingerprint density at radius 1 is 1.19 bits per heavy atom. The van der Waals surface area contributed by atoms with Gasteiger partial charge < -0.3 is 24.0 Å². The molecule has 0 amide bonds. The van der Waals surface area contributed by atoms with Gasteiger partial charge in [-0.25, -0.2) is 0 Å². The van der Waals surface area contributed by atoms with Crippen LogP contribution in [-0.2, 0) is 18.8 Å². The van der Waals surface area contributed by atoms with E-state index >= 15 is 0 Å². The van der Waals surface area contributed by atoms with Gasteiger partial charge in [-0.05, 0) is 12.8 Å². The van der Waals surface area contributed by atoms with E-state index in [0.717, 1.165) is 0 Å². The summed E-state index contributed by atoms with van der Waals surface area (Å²) in [6.07, 6.45) is -0.161. The van der Waals surface area contributed by atoms with Crippen LogP contribution >= 0.6 is 7.60 Å². The van der Waals surface area contributed by atoms with Crippen LogP contribution in [0.25, 0.3) is 0 Å². The molecule has 0 radical (unpaired) electrons. The molecule has 0 aromatic heterocycles. The predicted molar refractivity (Wildman–Crippen MR) is 59.1 cm³/mol. The third-order valence-electron chi connectivity index (χ3n) is 2.65. The second-order valence-electron chi connectivity index (χ2n) is 3.41. The summed E-state index contributed by atoms with van der Waals surface area (Å²) >= 11 is 0. The molecule has 0 heterocycles. The first-order valence-corrected chi connectivity index (χ1v) is 6.73. The van der Waals surface area contributed by atoms with Crippen LogP contribution in [0.2, 0.25) is 0 Å². The fourth-order valence-corrected chi connectivity index (χ4v) is 2.47. The van der Waals surface area contributed by atoms with Crippen molar-refractivity contribution in [1.82, 2.24) is 0 Å². The molecule has 6 nitrogen and oxygen atoms in total. The average Bonchev–Trinajstić information content (AvgIpc) is 2.23. The molecule has 0 saturated heterocycles. The van der Waals surface area contributed by atoms with E-state index in [-0.39, 0.29) is 19.4 Å². The third kappa shape index (κ3) is 3.80. The number of rotatable bonds is 8. The molecule has 0 aliphatic heterocycles. The molecule has 0 aliphatic carbocycles. The van der Waals surface area contributed by atoms with Gasteiger partial charge in [0, 0.05) is 14.2 Å². The minimum atomic E-state index is -4.32. The zero-order valence-electron chi connectivity index (χ0n) is 10.2. The van der Waals surface area contributed by atoms with E-state index in [9.17, 15) is 14.4 Å². The number of methoxy groups -OCH3 is 2. The molecule has 0 aromatic rings. The van der Waals surface area contributed by atoms with Crippen molar-refractivity contribution >= 4 is 7.60 Å². The maximum atomic E-state index is 11.4. The van der Waals surface area contributed by atoms with Crippen LogP contribution in [0.5, 0.6) is 0 Å². The zero-order valence-corrected chi connectivity index (χ0v) is 11.1. The van der Waals surface area contributed by atoms with Crippen LogP contribution in [0.15, 0.2) is 0 Å². The summed E-state index contributed by atoms with van der Waals surface area (Å²) in [6, 6.07) is 0. The summed E-state index contributed by atoms with van der Waals surface area (Å²) in [5, 5.41) is -1.44. The minimum Gasteiger partial charge on any atom is -0.357 e. The van der Waals surface area contributed by atoms with Crippen molar-refractivity contribution in [3.8, 4) is 0 Å². The Balaban J connectivity index is 4.63. The van der Waals surface area contributed by atoms with E-state index in [0.29, 0.717) is 0 Å². The quantitative estimate of drug-likeness (QED) is 0.503. The number of ether oxygens (including phenoxy) is 3. The molecule has 7 heteroatoms. The van der Waals surface area contributed by atoms with Gasteiger partial charge in [-0.15, -0.1) is 0 Å². The zero-order chi connectivity index (χ0) is 12.8. The monoisotopic (exact) mass is 256 g/mol. The van der Waals surface area contributed by atoms with Crippen LogP contribution in [0, 0.1) is 0 Å². The molecule has 0 bridgehead atoms. The van der Waals surface area contributed by atoms with Crippen LogP contribution in [0.3, 0.4) is 0 Å². The van der Waals surface area contributed by atoms with E-state index in [1.165, 1.54) is 14.2 Å². The minimum absolute atomic E-state index is 0.0141. The SMILES string of the molecule is CCC(CC)(OCC(OC)OC)P(=O)(O)O. The van der Waals surface area contributed by atoms with Crippen LogP contribution in [0.1, 0.15) is 26.7 Å². The van der Waals surface area contributed by atoms with Gasteiger partial charge in [0.1, 0.15) is 0 Å². The molecule has 0 aromatic carbocycles. The van der Waals surface area contributed by atoms with E-state index in [1.54, 1.807) is 13.8 Å². The van der Waals surface area contributed by atoms with Crippen molar-refractivity contribution < 1.29 is 28.6 Å². The second-order valence-corrected chi connectivity index (χ2v) is 5.31. The third-order valence-corrected chi connectivity index (χ3v) is 4.47. The Hall–Kier alpha value is 0.0300. The smallest absolute Gasteiger partial charge is 0.357 e. The topological polar surface area (TPSA) is 85.2 Å². The summed E-state index contributed by atoms with van der Waals surface area (Å²) < 4.78 is 26.5.